The molecule has 4 aliphatic rings. The normalized spacial score (nSPS) is 48.9. The predicted molar refractivity (Wildman–Crippen MR) is 145 cm³/mol. The third-order valence-electron chi connectivity index (χ3n) is 8.48. The molecule has 0 aromatic heterocycles. The molecule has 0 aliphatic carbocycles. The molecule has 4 rings (SSSR count). The zero-order valence-electron chi connectivity index (χ0n) is 25.2. The third kappa shape index (κ3) is 7.77. The van der Waals surface area contributed by atoms with Gasteiger partial charge in [0.15, 0.2) is 6.29 Å². The van der Waals surface area contributed by atoms with Crippen molar-refractivity contribution in [2.24, 2.45) is 0 Å². The summed E-state index contributed by atoms with van der Waals surface area (Å²) in [6.07, 6.45) is -25.6. The van der Waals surface area contributed by atoms with E-state index >= 15 is 0 Å². The summed E-state index contributed by atoms with van der Waals surface area (Å²) in [7, 11) is 0. The van der Waals surface area contributed by atoms with Gasteiger partial charge in [0.05, 0.1) is 26.4 Å². The van der Waals surface area contributed by atoms with Crippen molar-refractivity contribution in [2.75, 3.05) is 46.2 Å². The molecule has 0 aromatic carbocycles. The molecule has 0 radical (unpaired) electrons. The average Bonchev–Trinajstić information content (AvgIpc) is 3.55. The number of rotatable bonds is 13. The van der Waals surface area contributed by atoms with Crippen molar-refractivity contribution >= 4 is 0 Å². The van der Waals surface area contributed by atoms with Crippen LogP contribution in [0.25, 0.3) is 0 Å². The quantitative estimate of drug-likeness (QED) is 0.0839. The van der Waals surface area contributed by atoms with Crippen molar-refractivity contribution in [3.05, 3.63) is 0 Å². The van der Waals surface area contributed by atoms with Crippen LogP contribution in [0, 0.1) is 0 Å². The molecule has 0 bridgehead atoms. The minimum Gasteiger partial charge on any atom is -0.412 e. The highest BCUT2D eigenvalue weighted by atomic mass is 16.8. The van der Waals surface area contributed by atoms with Gasteiger partial charge in [0.25, 0.3) is 0 Å². The Hall–Kier alpha value is -0.960. The van der Waals surface area contributed by atoms with Gasteiger partial charge in [-0.3, -0.25) is 0 Å². The summed E-state index contributed by atoms with van der Waals surface area (Å²) in [5.74, 6) is -7.73. The van der Waals surface area contributed by atoms with Crippen LogP contribution in [-0.4, -0.2) is 237 Å². The fraction of sp³-hybridized carbons (Fsp3) is 1.00. The lowest BCUT2D eigenvalue weighted by molar-refractivity contribution is -0.404. The van der Waals surface area contributed by atoms with Crippen molar-refractivity contribution in [1.29, 1.82) is 0 Å². The van der Waals surface area contributed by atoms with E-state index in [1.807, 2.05) is 0 Å². The molecule has 48 heavy (non-hydrogen) atoms. The van der Waals surface area contributed by atoms with Crippen molar-refractivity contribution in [1.82, 2.24) is 0 Å². The second-order valence-corrected chi connectivity index (χ2v) is 11.3. The molecule has 0 aromatic rings. The molecule has 0 saturated carbocycles. The smallest absolute Gasteiger partial charge is 0.224 e. The summed E-state index contributed by atoms with van der Waals surface area (Å²) in [6, 6.07) is 0. The molecule has 0 amide bonds. The van der Waals surface area contributed by atoms with E-state index in [0.29, 0.717) is 0 Å². The maximum atomic E-state index is 11.0. The van der Waals surface area contributed by atoms with Crippen molar-refractivity contribution in [2.45, 2.75) is 103 Å². The molecule has 17 unspecified atom stereocenters. The van der Waals surface area contributed by atoms with Crippen LogP contribution >= 0.6 is 0 Å². The molecule has 4 fully saturated rings. The summed E-state index contributed by atoms with van der Waals surface area (Å²) >= 11 is 0. The van der Waals surface area contributed by atoms with Crippen LogP contribution in [0.2, 0.25) is 0 Å². The van der Waals surface area contributed by atoms with Gasteiger partial charge in [-0.1, -0.05) is 0 Å². The van der Waals surface area contributed by atoms with Gasteiger partial charge in [-0.05, 0) is 0 Å². The third-order valence-corrected chi connectivity index (χ3v) is 8.48. The van der Waals surface area contributed by atoms with Gasteiger partial charge in [0.2, 0.25) is 17.4 Å². The number of aliphatic hydroxyl groups excluding tert-OH is 14. The summed E-state index contributed by atoms with van der Waals surface area (Å²) in [6.45, 7) is -6.84. The van der Waals surface area contributed by atoms with E-state index in [-0.39, 0.29) is 16.4 Å². The molecule has 17 atom stereocenters. The second kappa shape index (κ2) is 17.5. The van der Waals surface area contributed by atoms with E-state index in [4.69, 9.17) is 33.2 Å². The lowest BCUT2D eigenvalue weighted by Gasteiger charge is -2.44. The molecule has 4 heterocycles. The number of hydrogen-bond acceptors (Lipinski definition) is 21. The average molecular weight is 721 g/mol. The van der Waals surface area contributed by atoms with E-state index in [1.54, 1.807) is 0 Å². The van der Waals surface area contributed by atoms with Gasteiger partial charge in [0, 0.05) is 0 Å². The highest BCUT2D eigenvalue weighted by molar-refractivity contribution is 5.03. The fourth-order valence-corrected chi connectivity index (χ4v) is 5.65. The standard InChI is InChI=1S/C24H42O21.3H2O/c25-1-8-12(30)16(34)17(35)21(41-8)45-24(20(38)15(33)11(4-28)44-24)7-40-23(19(37)14(32)10(3-27)43-23)6-39-22(5-29)18(36)13(31)9(2-26)42-22;;;/h8-21,25-38H,1-7H2;3*1H2. The Kier molecular flexibility index (Phi) is 16.4. The first-order chi connectivity index (χ1) is 21.2. The van der Waals surface area contributed by atoms with E-state index in [2.05, 4.69) is 0 Å². The highest BCUT2D eigenvalue weighted by Crippen LogP contribution is 2.41. The Morgan fingerprint density at radius 1 is 0.438 bits per heavy atom. The first-order valence-electron chi connectivity index (χ1n) is 14.0. The van der Waals surface area contributed by atoms with Crippen LogP contribution in [-0.2, 0) is 33.2 Å². The fourth-order valence-electron chi connectivity index (χ4n) is 5.65. The SMILES string of the molecule is O.O.O.OCC1OC(OC2(COC3(COC4(CO)OC(CO)C(O)C4O)OC(CO)C(O)C3O)OC(CO)C(O)C2O)C(O)C(O)C1O. The molecule has 20 N–H and O–H groups in total. The maximum absolute atomic E-state index is 11.0. The Morgan fingerprint density at radius 3 is 1.25 bits per heavy atom. The molecular formula is C24H48O24. The zero-order valence-corrected chi connectivity index (χ0v) is 25.2. The highest BCUT2D eigenvalue weighted by Gasteiger charge is 2.64. The second-order valence-electron chi connectivity index (χ2n) is 11.3. The molecule has 24 heteroatoms. The topological polar surface area (TPSA) is 442 Å². The Balaban J connectivity index is 0.00000384. The van der Waals surface area contributed by atoms with Gasteiger partial charge >= 0.3 is 0 Å². The lowest BCUT2D eigenvalue weighted by atomic mass is 9.99. The van der Waals surface area contributed by atoms with Gasteiger partial charge in [-0.15, -0.1) is 0 Å². The summed E-state index contributed by atoms with van der Waals surface area (Å²) in [5, 5.41) is 143. The first kappa shape index (κ1) is 45.1. The van der Waals surface area contributed by atoms with Crippen molar-refractivity contribution in [3.63, 3.8) is 0 Å². The van der Waals surface area contributed by atoms with Crippen LogP contribution in [0.3, 0.4) is 0 Å². The monoisotopic (exact) mass is 720 g/mol. The Morgan fingerprint density at radius 2 is 0.812 bits per heavy atom. The molecular weight excluding hydrogens is 672 g/mol. The van der Waals surface area contributed by atoms with Crippen molar-refractivity contribution < 1.29 is 121 Å². The minimum atomic E-state index is -2.67. The van der Waals surface area contributed by atoms with E-state index in [0.717, 1.165) is 0 Å². The Bertz CT molecular complexity index is 965. The maximum Gasteiger partial charge on any atom is 0.224 e. The molecule has 288 valence electrons. The van der Waals surface area contributed by atoms with Gasteiger partial charge in [-0.2, -0.15) is 0 Å². The summed E-state index contributed by atoms with van der Waals surface area (Å²) in [4.78, 5) is 0. The van der Waals surface area contributed by atoms with Crippen molar-refractivity contribution in [3.8, 4) is 0 Å². The lowest BCUT2D eigenvalue weighted by Crippen LogP contribution is -2.63. The molecule has 0 spiro atoms. The van der Waals surface area contributed by atoms with Gasteiger partial charge in [0.1, 0.15) is 99.2 Å². The van der Waals surface area contributed by atoms with Crippen LogP contribution in [0.1, 0.15) is 0 Å². The van der Waals surface area contributed by atoms with Crippen LogP contribution in [0.5, 0.6) is 0 Å². The molecule has 24 nitrogen and oxygen atoms in total. The van der Waals surface area contributed by atoms with E-state index in [1.165, 1.54) is 0 Å². The van der Waals surface area contributed by atoms with Crippen LogP contribution in [0.4, 0.5) is 0 Å². The number of hydrogen-bond donors (Lipinski definition) is 14. The van der Waals surface area contributed by atoms with Crippen LogP contribution < -0.4 is 0 Å². The Labute approximate surface area is 270 Å². The predicted octanol–water partition coefficient (Wildman–Crippen LogP) is -12.2. The minimum absolute atomic E-state index is 0. The zero-order chi connectivity index (χ0) is 33.5. The van der Waals surface area contributed by atoms with E-state index in [9.17, 15) is 71.5 Å². The van der Waals surface area contributed by atoms with Gasteiger partial charge in [-0.25, -0.2) is 0 Å². The molecule has 4 saturated heterocycles. The summed E-state index contributed by atoms with van der Waals surface area (Å²) < 4.78 is 38.7. The molecule has 4 aliphatic heterocycles. The number of ether oxygens (including phenoxy) is 7. The van der Waals surface area contributed by atoms with Gasteiger partial charge < -0.3 is 121 Å². The van der Waals surface area contributed by atoms with Crippen LogP contribution in [0.15, 0.2) is 0 Å². The number of aliphatic hydroxyl groups is 14. The summed E-state index contributed by atoms with van der Waals surface area (Å²) in [5.41, 5.74) is 0. The first-order valence-corrected chi connectivity index (χ1v) is 14.0. The largest absolute Gasteiger partial charge is 0.412 e. The van der Waals surface area contributed by atoms with E-state index < -0.39 is 149 Å².